The van der Waals surface area contributed by atoms with E-state index in [0.717, 1.165) is 13.0 Å². The third kappa shape index (κ3) is 4.91. The monoisotopic (exact) mass is 434 g/mol. The maximum Gasteiger partial charge on any atom is 0.471 e. The molecule has 0 spiro atoms. The number of nitrogens with one attached hydrogen (secondary N) is 1. The average Bonchev–Trinajstić information content (AvgIpc) is 3.40. The first-order valence-corrected chi connectivity index (χ1v) is 9.57. The number of aromatic nitrogens is 2. The smallest absolute Gasteiger partial charge is 0.348 e. The summed E-state index contributed by atoms with van der Waals surface area (Å²) in [4.78, 5) is 17.9. The minimum Gasteiger partial charge on any atom is -0.348 e. The molecule has 1 atom stereocenters. The van der Waals surface area contributed by atoms with Gasteiger partial charge in [0.15, 0.2) is 0 Å². The molecule has 1 amide bonds. The summed E-state index contributed by atoms with van der Waals surface area (Å²) in [6.45, 7) is 1.80. The van der Waals surface area contributed by atoms with Crippen LogP contribution in [0.25, 0.3) is 11.4 Å². The maximum absolute atomic E-state index is 13.8. The largest absolute Gasteiger partial charge is 0.471 e. The quantitative estimate of drug-likeness (QED) is 0.617. The van der Waals surface area contributed by atoms with Gasteiger partial charge in [-0.25, -0.2) is 4.39 Å². The van der Waals surface area contributed by atoms with E-state index in [9.17, 15) is 22.4 Å². The van der Waals surface area contributed by atoms with Gasteiger partial charge in [-0.15, -0.1) is 0 Å². The number of hydrogen-bond donors (Lipinski definition) is 1. The molecule has 3 aromatic rings. The summed E-state index contributed by atoms with van der Waals surface area (Å²) in [6.07, 6.45) is -3.98. The molecule has 2 aromatic carbocycles. The van der Waals surface area contributed by atoms with Crippen molar-refractivity contribution in [3.8, 4) is 11.4 Å². The summed E-state index contributed by atoms with van der Waals surface area (Å²) in [5.41, 5.74) is 1.27. The van der Waals surface area contributed by atoms with Crippen molar-refractivity contribution < 1.29 is 26.9 Å². The first-order valence-electron chi connectivity index (χ1n) is 9.57. The van der Waals surface area contributed by atoms with Crippen LogP contribution in [0.3, 0.4) is 0 Å². The molecule has 1 fully saturated rings. The molecule has 6 nitrogen and oxygen atoms in total. The van der Waals surface area contributed by atoms with Gasteiger partial charge < -0.3 is 9.84 Å². The van der Waals surface area contributed by atoms with E-state index in [1.165, 1.54) is 30.3 Å². The third-order valence-corrected chi connectivity index (χ3v) is 5.03. The van der Waals surface area contributed by atoms with Gasteiger partial charge in [-0.05, 0) is 24.6 Å². The SMILES string of the molecule is O=C(NC1CCN(Cc2ccccc2F)C1)c1ccc(-c2noc(C(F)(F)F)n2)cc1. The van der Waals surface area contributed by atoms with Crippen LogP contribution in [0.15, 0.2) is 53.1 Å². The van der Waals surface area contributed by atoms with Crippen LogP contribution in [0.5, 0.6) is 0 Å². The standard InChI is InChI=1S/C21H18F4N4O2/c22-17-4-2-1-3-15(17)11-29-10-9-16(12-29)26-19(30)14-7-5-13(6-8-14)18-27-20(31-28-18)21(23,24)25/h1-8,16H,9-12H2,(H,26,30). The van der Waals surface area contributed by atoms with E-state index in [0.29, 0.717) is 29.8 Å². The van der Waals surface area contributed by atoms with Crippen molar-refractivity contribution in [3.05, 3.63) is 71.4 Å². The second kappa shape index (κ2) is 8.46. The van der Waals surface area contributed by atoms with Gasteiger partial charge in [0.1, 0.15) is 5.82 Å². The van der Waals surface area contributed by atoms with Crippen molar-refractivity contribution >= 4 is 5.91 Å². The van der Waals surface area contributed by atoms with Crippen LogP contribution in [0, 0.1) is 5.82 Å². The minimum atomic E-state index is -4.72. The van der Waals surface area contributed by atoms with Crippen LogP contribution in [0.4, 0.5) is 17.6 Å². The predicted octanol–water partition coefficient (Wildman–Crippen LogP) is 3.90. The van der Waals surface area contributed by atoms with Gasteiger partial charge in [-0.1, -0.05) is 35.5 Å². The van der Waals surface area contributed by atoms with Crippen molar-refractivity contribution in [2.24, 2.45) is 0 Å². The molecule has 162 valence electrons. The van der Waals surface area contributed by atoms with E-state index >= 15 is 0 Å². The molecule has 0 bridgehead atoms. The summed E-state index contributed by atoms with van der Waals surface area (Å²) in [6, 6.07) is 12.4. The second-order valence-electron chi connectivity index (χ2n) is 7.28. The van der Waals surface area contributed by atoms with Crippen LogP contribution in [-0.4, -0.2) is 40.1 Å². The topological polar surface area (TPSA) is 71.3 Å². The number of halogens is 4. The zero-order valence-corrected chi connectivity index (χ0v) is 16.2. The number of amides is 1. The number of nitrogens with zero attached hydrogens (tertiary/aromatic N) is 3. The summed E-state index contributed by atoms with van der Waals surface area (Å²) < 4.78 is 55.8. The Morgan fingerprint density at radius 1 is 1.16 bits per heavy atom. The highest BCUT2D eigenvalue weighted by Gasteiger charge is 2.38. The molecule has 1 N–H and O–H groups in total. The fourth-order valence-corrected chi connectivity index (χ4v) is 3.46. The number of carbonyl (C=O) groups excluding carboxylic acids is 1. The fourth-order valence-electron chi connectivity index (χ4n) is 3.46. The van der Waals surface area contributed by atoms with Gasteiger partial charge in [0.2, 0.25) is 5.82 Å². The Bertz CT molecular complexity index is 1070. The summed E-state index contributed by atoms with van der Waals surface area (Å²) in [5, 5.41) is 6.26. The number of likely N-dealkylation sites (tertiary alicyclic amines) is 1. The number of benzene rings is 2. The van der Waals surface area contributed by atoms with Crippen LogP contribution < -0.4 is 5.32 Å². The Labute approximate surface area is 174 Å². The molecule has 0 saturated carbocycles. The summed E-state index contributed by atoms with van der Waals surface area (Å²) in [5.74, 6) is -2.18. The van der Waals surface area contributed by atoms with Crippen LogP contribution in [0.1, 0.15) is 28.2 Å². The van der Waals surface area contributed by atoms with Crippen LogP contribution in [0.2, 0.25) is 0 Å². The molecule has 31 heavy (non-hydrogen) atoms. The molecular weight excluding hydrogens is 416 g/mol. The molecule has 0 aliphatic carbocycles. The number of hydrogen-bond acceptors (Lipinski definition) is 5. The number of carbonyl (C=O) groups is 1. The van der Waals surface area contributed by atoms with Crippen LogP contribution >= 0.6 is 0 Å². The van der Waals surface area contributed by atoms with Crippen molar-refractivity contribution in [1.82, 2.24) is 20.4 Å². The molecule has 1 unspecified atom stereocenters. The highest BCUT2D eigenvalue weighted by molar-refractivity contribution is 5.94. The first kappa shape index (κ1) is 21.0. The molecule has 1 aliphatic heterocycles. The van der Waals surface area contributed by atoms with Crippen LogP contribution in [-0.2, 0) is 12.7 Å². The van der Waals surface area contributed by atoms with Gasteiger partial charge in [0.25, 0.3) is 5.91 Å². The van der Waals surface area contributed by atoms with E-state index < -0.39 is 12.1 Å². The molecule has 1 saturated heterocycles. The van der Waals surface area contributed by atoms with Crippen molar-refractivity contribution in [2.75, 3.05) is 13.1 Å². The van der Waals surface area contributed by atoms with E-state index in [1.54, 1.807) is 18.2 Å². The Balaban J connectivity index is 1.34. The minimum absolute atomic E-state index is 0.0782. The normalized spacial score (nSPS) is 17.1. The Morgan fingerprint density at radius 3 is 2.58 bits per heavy atom. The highest BCUT2D eigenvalue weighted by atomic mass is 19.4. The highest BCUT2D eigenvalue weighted by Crippen LogP contribution is 2.29. The zero-order chi connectivity index (χ0) is 22.0. The number of rotatable bonds is 5. The van der Waals surface area contributed by atoms with Gasteiger partial charge in [0, 0.05) is 42.4 Å². The lowest BCUT2D eigenvalue weighted by Gasteiger charge is -2.17. The predicted molar refractivity (Wildman–Crippen MR) is 102 cm³/mol. The average molecular weight is 434 g/mol. The van der Waals surface area contributed by atoms with Crippen molar-refractivity contribution in [1.29, 1.82) is 0 Å². The number of alkyl halides is 3. The lowest BCUT2D eigenvalue weighted by Crippen LogP contribution is -2.37. The van der Waals surface area contributed by atoms with E-state index in [1.807, 2.05) is 0 Å². The summed E-state index contributed by atoms with van der Waals surface area (Å²) >= 11 is 0. The Hall–Kier alpha value is -3.27. The second-order valence-corrected chi connectivity index (χ2v) is 7.28. The maximum atomic E-state index is 13.8. The molecule has 4 rings (SSSR count). The molecular formula is C21H18F4N4O2. The Morgan fingerprint density at radius 2 is 1.90 bits per heavy atom. The van der Waals surface area contributed by atoms with E-state index in [2.05, 4.69) is 24.9 Å². The fraction of sp³-hybridized carbons (Fsp3) is 0.286. The lowest BCUT2D eigenvalue weighted by atomic mass is 10.1. The molecule has 0 radical (unpaired) electrons. The van der Waals surface area contributed by atoms with Crippen molar-refractivity contribution in [2.45, 2.75) is 25.2 Å². The molecule has 1 aliphatic rings. The van der Waals surface area contributed by atoms with Gasteiger partial charge in [-0.3, -0.25) is 9.69 Å². The Kier molecular flexibility index (Phi) is 5.73. The van der Waals surface area contributed by atoms with E-state index in [-0.39, 0.29) is 23.6 Å². The molecule has 2 heterocycles. The third-order valence-electron chi connectivity index (χ3n) is 5.03. The summed E-state index contributed by atoms with van der Waals surface area (Å²) in [7, 11) is 0. The lowest BCUT2D eigenvalue weighted by molar-refractivity contribution is -0.159. The van der Waals surface area contributed by atoms with E-state index in [4.69, 9.17) is 0 Å². The zero-order valence-electron chi connectivity index (χ0n) is 16.2. The van der Waals surface area contributed by atoms with Crippen molar-refractivity contribution in [3.63, 3.8) is 0 Å². The van der Waals surface area contributed by atoms with Gasteiger partial charge >= 0.3 is 12.1 Å². The molecule has 10 heteroatoms. The molecule has 1 aromatic heterocycles. The first-order chi connectivity index (χ1) is 14.8. The van der Waals surface area contributed by atoms with Gasteiger partial charge in [0.05, 0.1) is 0 Å². The van der Waals surface area contributed by atoms with Gasteiger partial charge in [-0.2, -0.15) is 18.2 Å².